The molecule has 9 nitrogen and oxygen atoms in total. The van der Waals surface area contributed by atoms with Crippen LogP contribution in [0.3, 0.4) is 0 Å². The molecule has 1 aromatic heterocycles. The Morgan fingerprint density at radius 1 is 1.19 bits per heavy atom. The molecule has 1 aliphatic heterocycles. The van der Waals surface area contributed by atoms with Crippen molar-refractivity contribution in [3.05, 3.63) is 71.1 Å². The maximum Gasteiger partial charge on any atom is 0.423 e. The highest BCUT2D eigenvalue weighted by molar-refractivity contribution is 6.16. The second-order valence-electron chi connectivity index (χ2n) is 9.34. The summed E-state index contributed by atoms with van der Waals surface area (Å²) in [5, 5.41) is 31.8. The number of benzene rings is 1. The van der Waals surface area contributed by atoms with Gasteiger partial charge in [-0.1, -0.05) is 29.8 Å². The van der Waals surface area contributed by atoms with Crippen LogP contribution >= 0.6 is 0 Å². The smallest absolute Gasteiger partial charge is 0.423 e. The summed E-state index contributed by atoms with van der Waals surface area (Å²) in [6.45, 7) is 1.31. The van der Waals surface area contributed by atoms with Gasteiger partial charge in [-0.25, -0.2) is 4.79 Å². The van der Waals surface area contributed by atoms with E-state index in [4.69, 9.17) is 0 Å². The minimum absolute atomic E-state index is 0.119. The normalized spacial score (nSPS) is 22.8. The number of para-hydroxylation sites is 1. The van der Waals surface area contributed by atoms with Gasteiger partial charge in [0.25, 0.3) is 0 Å². The van der Waals surface area contributed by atoms with Crippen molar-refractivity contribution >= 4 is 29.6 Å². The third kappa shape index (κ3) is 5.05. The topological polar surface area (TPSA) is 137 Å². The Morgan fingerprint density at radius 2 is 1.92 bits per heavy atom. The summed E-state index contributed by atoms with van der Waals surface area (Å²) >= 11 is 0. The maximum absolute atomic E-state index is 13.0. The number of allylic oxidation sites excluding steroid dienone is 2. The van der Waals surface area contributed by atoms with Crippen molar-refractivity contribution in [2.24, 2.45) is 17.8 Å². The Kier molecular flexibility index (Phi) is 7.85. The molecule has 9 heteroatoms. The number of aliphatic hydroxyl groups excluding tert-OH is 2. The molecule has 37 heavy (non-hydrogen) atoms. The molecule has 0 bridgehead atoms. The van der Waals surface area contributed by atoms with Gasteiger partial charge in [-0.15, -0.1) is 0 Å². The third-order valence-electron chi connectivity index (χ3n) is 7.19. The number of hydrogen-bond donors (Lipinski definition) is 3. The molecule has 3 N–H and O–H groups in total. The van der Waals surface area contributed by atoms with E-state index in [0.29, 0.717) is 33.7 Å². The molecule has 1 saturated heterocycles. The number of hydrogen-bond acceptors (Lipinski definition) is 8. The van der Waals surface area contributed by atoms with Crippen LogP contribution in [0, 0.1) is 17.8 Å². The van der Waals surface area contributed by atoms with Crippen LogP contribution in [-0.2, 0) is 14.3 Å². The molecule has 194 valence electrons. The van der Waals surface area contributed by atoms with Gasteiger partial charge < -0.3 is 20.1 Å². The Bertz CT molecular complexity index is 1250. The Balaban J connectivity index is 1.60. The molecule has 0 spiro atoms. The summed E-state index contributed by atoms with van der Waals surface area (Å²) in [5.41, 5.74) is 3.32. The summed E-state index contributed by atoms with van der Waals surface area (Å²) in [7, 11) is 1.09. The standard InChI is InChI=1S/C28H30N2O7/c1-16-13-19-25(27(35)30(26(19)34)28(36)37-2)20(15-31)24(16)23(33)11-10-17(21-8-5-6-12-29-21)14-18-7-3-4-9-22(18)32/h3-9,12,14,19-20,23,25,31-33H,10-11,13,15H2,1-2H3/b17-14-/t19-,20+,23-,25-/m1/s1. The lowest BCUT2D eigenvalue weighted by molar-refractivity contribution is -0.137. The zero-order chi connectivity index (χ0) is 26.7. The molecule has 0 unspecified atom stereocenters. The number of imide groups is 3. The van der Waals surface area contributed by atoms with E-state index in [9.17, 15) is 29.7 Å². The van der Waals surface area contributed by atoms with Gasteiger partial charge in [-0.3, -0.25) is 14.6 Å². The Labute approximate surface area is 214 Å². The zero-order valence-electron chi connectivity index (χ0n) is 20.7. The predicted octanol–water partition coefficient (Wildman–Crippen LogP) is 3.17. The number of aliphatic hydroxyl groups is 2. The molecular weight excluding hydrogens is 476 g/mol. The van der Waals surface area contributed by atoms with Crippen molar-refractivity contribution in [1.29, 1.82) is 0 Å². The van der Waals surface area contributed by atoms with Gasteiger partial charge in [-0.2, -0.15) is 4.90 Å². The first-order chi connectivity index (χ1) is 17.8. The van der Waals surface area contributed by atoms with E-state index >= 15 is 0 Å². The van der Waals surface area contributed by atoms with Crippen LogP contribution in [0.4, 0.5) is 4.79 Å². The lowest BCUT2D eigenvalue weighted by Gasteiger charge is -2.35. The van der Waals surface area contributed by atoms with E-state index in [0.717, 1.165) is 12.7 Å². The summed E-state index contributed by atoms with van der Waals surface area (Å²) in [6.07, 6.45) is 2.26. The van der Waals surface area contributed by atoms with Gasteiger partial charge in [-0.05, 0) is 61.6 Å². The second-order valence-corrected chi connectivity index (χ2v) is 9.34. The Hall–Kier alpha value is -3.82. The van der Waals surface area contributed by atoms with Crippen molar-refractivity contribution in [2.75, 3.05) is 13.7 Å². The quantitative estimate of drug-likeness (QED) is 0.385. The number of pyridine rings is 1. The number of phenols is 1. The molecule has 4 rings (SSSR count). The highest BCUT2D eigenvalue weighted by atomic mass is 16.5. The number of aromatic nitrogens is 1. The van der Waals surface area contributed by atoms with Crippen molar-refractivity contribution < 1.29 is 34.4 Å². The number of rotatable bonds is 7. The average Bonchev–Trinajstić information content (AvgIpc) is 3.15. The first-order valence-electron chi connectivity index (χ1n) is 12.1. The van der Waals surface area contributed by atoms with Crippen LogP contribution < -0.4 is 0 Å². The minimum Gasteiger partial charge on any atom is -0.507 e. The summed E-state index contributed by atoms with van der Waals surface area (Å²) in [6, 6.07) is 12.4. The predicted molar refractivity (Wildman–Crippen MR) is 135 cm³/mol. The summed E-state index contributed by atoms with van der Waals surface area (Å²) in [4.78, 5) is 42.8. The highest BCUT2D eigenvalue weighted by Gasteiger charge is 2.56. The first kappa shape index (κ1) is 26.2. The SMILES string of the molecule is COC(=O)N1C(=O)[C@@H]2[C@@H](CC(C)=C([C@H](O)CC/C(=C/c3ccccc3O)c3ccccn3)[C@@H]2CO)C1=O. The second kappa shape index (κ2) is 11.1. The van der Waals surface area contributed by atoms with Crippen LogP contribution in [0.1, 0.15) is 37.4 Å². The fourth-order valence-electron chi connectivity index (χ4n) is 5.46. The number of carbonyl (C=O) groups is 3. The van der Waals surface area contributed by atoms with Crippen molar-refractivity contribution in [3.63, 3.8) is 0 Å². The molecule has 2 aliphatic rings. The molecule has 1 fully saturated rings. The van der Waals surface area contributed by atoms with Crippen molar-refractivity contribution in [3.8, 4) is 5.75 Å². The van der Waals surface area contributed by atoms with Gasteiger partial charge in [0.15, 0.2) is 0 Å². The molecule has 0 saturated carbocycles. The monoisotopic (exact) mass is 506 g/mol. The number of nitrogens with zero attached hydrogens (tertiary/aromatic N) is 2. The van der Waals surface area contributed by atoms with Crippen LogP contribution in [0.2, 0.25) is 0 Å². The summed E-state index contributed by atoms with van der Waals surface area (Å²) < 4.78 is 4.61. The minimum atomic E-state index is -1.05. The van der Waals surface area contributed by atoms with Crippen LogP contribution in [0.25, 0.3) is 11.6 Å². The Morgan fingerprint density at radius 3 is 2.57 bits per heavy atom. The molecular formula is C28H30N2O7. The molecule has 0 radical (unpaired) electrons. The van der Waals surface area contributed by atoms with Crippen molar-refractivity contribution in [2.45, 2.75) is 32.3 Å². The lowest BCUT2D eigenvalue weighted by atomic mass is 9.68. The van der Waals surface area contributed by atoms with E-state index in [1.54, 1.807) is 37.4 Å². The lowest BCUT2D eigenvalue weighted by Crippen LogP contribution is -2.39. The van der Waals surface area contributed by atoms with Gasteiger partial charge >= 0.3 is 6.09 Å². The fourth-order valence-corrected chi connectivity index (χ4v) is 5.46. The zero-order valence-corrected chi connectivity index (χ0v) is 20.7. The number of carbonyl (C=O) groups excluding carboxylic acids is 3. The molecule has 2 aromatic rings. The van der Waals surface area contributed by atoms with Gasteiger partial charge in [0, 0.05) is 17.7 Å². The highest BCUT2D eigenvalue weighted by Crippen LogP contribution is 2.46. The van der Waals surface area contributed by atoms with E-state index < -0.39 is 48.4 Å². The number of aromatic hydroxyl groups is 1. The van der Waals surface area contributed by atoms with E-state index in [-0.39, 0.29) is 18.6 Å². The fraction of sp³-hybridized carbons (Fsp3) is 0.357. The number of fused-ring (bicyclic) bond motifs is 1. The molecule has 3 amide bonds. The van der Waals surface area contributed by atoms with Gasteiger partial charge in [0.2, 0.25) is 11.8 Å². The van der Waals surface area contributed by atoms with Crippen molar-refractivity contribution in [1.82, 2.24) is 9.88 Å². The first-order valence-corrected chi connectivity index (χ1v) is 12.1. The number of phenolic OH excluding ortho intramolecular Hbond substituents is 1. The molecule has 1 aliphatic carbocycles. The molecule has 4 atom stereocenters. The van der Waals surface area contributed by atoms with E-state index in [1.807, 2.05) is 24.3 Å². The number of methoxy groups -OCH3 is 1. The molecule has 2 heterocycles. The average molecular weight is 507 g/mol. The number of ether oxygens (including phenoxy) is 1. The third-order valence-corrected chi connectivity index (χ3v) is 7.19. The maximum atomic E-state index is 13.0. The number of amides is 3. The summed E-state index contributed by atoms with van der Waals surface area (Å²) in [5.74, 6) is -3.78. The van der Waals surface area contributed by atoms with E-state index in [2.05, 4.69) is 9.72 Å². The van der Waals surface area contributed by atoms with Gasteiger partial charge in [0.1, 0.15) is 5.75 Å². The van der Waals surface area contributed by atoms with Crippen LogP contribution in [0.5, 0.6) is 5.75 Å². The number of likely N-dealkylation sites (tertiary alicyclic amines) is 1. The van der Waals surface area contributed by atoms with Gasteiger partial charge in [0.05, 0.1) is 37.4 Å². The molecule has 1 aromatic carbocycles. The van der Waals surface area contributed by atoms with E-state index in [1.165, 1.54) is 0 Å². The van der Waals surface area contributed by atoms with Crippen LogP contribution in [-0.4, -0.2) is 62.9 Å². The van der Waals surface area contributed by atoms with Crippen LogP contribution in [0.15, 0.2) is 59.8 Å². The largest absolute Gasteiger partial charge is 0.507 e.